The van der Waals surface area contributed by atoms with E-state index in [0.29, 0.717) is 26.3 Å². The Kier molecular flexibility index (Phi) is 6.96. The van der Waals surface area contributed by atoms with E-state index < -0.39 is 17.1 Å². The molecule has 11 heteroatoms. The third-order valence-corrected chi connectivity index (χ3v) is 10.1. The molecule has 7 nitrogen and oxygen atoms in total. The van der Waals surface area contributed by atoms with Crippen molar-refractivity contribution in [1.29, 1.82) is 0 Å². The van der Waals surface area contributed by atoms with E-state index in [0.717, 1.165) is 21.4 Å². The molecule has 0 radical (unpaired) electrons. The molecule has 39 heavy (non-hydrogen) atoms. The summed E-state index contributed by atoms with van der Waals surface area (Å²) in [5, 5.41) is 3.13. The average Bonchev–Trinajstić information content (AvgIpc) is 3.37. The zero-order valence-electron chi connectivity index (χ0n) is 20.0. The second-order valence-corrected chi connectivity index (χ2v) is 12.6. The van der Waals surface area contributed by atoms with Gasteiger partial charge in [0.2, 0.25) is 17.7 Å². The molecule has 6 rings (SSSR count). The lowest BCUT2D eigenvalue weighted by atomic mass is 9.83. The van der Waals surface area contributed by atoms with Crippen LogP contribution in [-0.4, -0.2) is 27.5 Å². The fraction of sp³-hybridized carbons (Fsp3) is 0.143. The Bertz CT molecular complexity index is 1660. The van der Waals surface area contributed by atoms with Crippen LogP contribution >= 0.6 is 50.6 Å². The molecule has 1 aromatic heterocycles. The number of amides is 3. The first-order valence-corrected chi connectivity index (χ1v) is 14.8. The van der Waals surface area contributed by atoms with E-state index in [1.54, 1.807) is 48.5 Å². The summed E-state index contributed by atoms with van der Waals surface area (Å²) in [5.74, 6) is -2.21. The van der Waals surface area contributed by atoms with Gasteiger partial charge in [0.05, 0.1) is 16.6 Å². The second-order valence-electron chi connectivity index (χ2n) is 9.12. The van der Waals surface area contributed by atoms with E-state index in [4.69, 9.17) is 11.6 Å². The number of nitrogens with zero attached hydrogens (tertiary/aromatic N) is 2. The van der Waals surface area contributed by atoms with Crippen LogP contribution in [0.15, 0.2) is 93.2 Å². The van der Waals surface area contributed by atoms with Gasteiger partial charge >= 0.3 is 4.87 Å². The number of aromatic nitrogens is 1. The Hall–Kier alpha value is -3.18. The van der Waals surface area contributed by atoms with Gasteiger partial charge in [0, 0.05) is 26.0 Å². The highest BCUT2D eigenvalue weighted by atomic mass is 79.9. The van der Waals surface area contributed by atoms with Crippen molar-refractivity contribution in [3.05, 3.63) is 108 Å². The monoisotopic (exact) mass is 639 g/mol. The van der Waals surface area contributed by atoms with Crippen molar-refractivity contribution in [2.75, 3.05) is 10.2 Å². The van der Waals surface area contributed by atoms with Crippen LogP contribution in [0.1, 0.15) is 16.4 Å². The molecule has 0 saturated carbocycles. The number of anilines is 2. The number of hydrogen-bond acceptors (Lipinski definition) is 6. The highest BCUT2D eigenvalue weighted by Crippen LogP contribution is 2.53. The van der Waals surface area contributed by atoms with Crippen LogP contribution in [0.5, 0.6) is 0 Å². The quantitative estimate of drug-likeness (QED) is 0.280. The summed E-state index contributed by atoms with van der Waals surface area (Å²) in [7, 11) is 0. The number of para-hydroxylation sites is 1. The Morgan fingerprint density at radius 2 is 1.62 bits per heavy atom. The van der Waals surface area contributed by atoms with Gasteiger partial charge in [-0.25, -0.2) is 4.90 Å². The lowest BCUT2D eigenvalue weighted by Gasteiger charge is -2.30. The third kappa shape index (κ3) is 4.75. The molecule has 196 valence electrons. The molecular weight excluding hydrogens is 622 g/mol. The zero-order chi connectivity index (χ0) is 27.3. The Morgan fingerprint density at radius 1 is 0.923 bits per heavy atom. The highest BCUT2D eigenvalue weighted by Gasteiger charge is 2.56. The summed E-state index contributed by atoms with van der Waals surface area (Å²) in [4.78, 5) is 55.3. The number of nitrogens with one attached hydrogen (secondary N) is 1. The van der Waals surface area contributed by atoms with E-state index >= 15 is 0 Å². The molecule has 0 bridgehead atoms. The Labute approximate surface area is 244 Å². The zero-order valence-corrected chi connectivity index (χ0v) is 24.0. The van der Waals surface area contributed by atoms with Crippen LogP contribution in [0.4, 0.5) is 11.4 Å². The number of fused-ring (bicyclic) bond motifs is 2. The van der Waals surface area contributed by atoms with Crippen LogP contribution in [0.3, 0.4) is 0 Å². The number of carbonyl (C=O) groups is 3. The van der Waals surface area contributed by atoms with Crippen LogP contribution in [0.25, 0.3) is 0 Å². The van der Waals surface area contributed by atoms with Crippen LogP contribution in [0.2, 0.25) is 5.02 Å². The molecule has 1 fully saturated rings. The molecule has 3 atom stereocenters. The number of imide groups is 1. The maximum absolute atomic E-state index is 13.8. The number of thioether (sulfide) groups is 1. The van der Waals surface area contributed by atoms with E-state index in [2.05, 4.69) is 21.2 Å². The summed E-state index contributed by atoms with van der Waals surface area (Å²) in [6.07, 6.45) is 0. The molecule has 3 aromatic carbocycles. The molecule has 2 aliphatic rings. The first-order chi connectivity index (χ1) is 18.8. The maximum Gasteiger partial charge on any atom is 0.308 e. The predicted molar refractivity (Wildman–Crippen MR) is 157 cm³/mol. The van der Waals surface area contributed by atoms with E-state index in [1.807, 2.05) is 30.3 Å². The predicted octanol–water partition coefficient (Wildman–Crippen LogP) is 5.76. The fourth-order valence-corrected chi connectivity index (χ4v) is 8.16. The standard InChI is InChI=1S/C28H19BrClN3O4S2/c29-16-8-6-15(7-9-16)21-22-23(26(36)33(25(22)35)19-4-2-1-3-5-19)38-27-24(21)39-28(37)32(27)14-20(34)31-18-12-10-17(30)11-13-18/h1-13,21-23H,14H2,(H,31,34)/t21-,22?,23?/m1/s1. The van der Waals surface area contributed by atoms with Gasteiger partial charge < -0.3 is 5.32 Å². The summed E-state index contributed by atoms with van der Waals surface area (Å²) >= 11 is 11.6. The largest absolute Gasteiger partial charge is 0.325 e. The number of thiazole rings is 1. The number of halogens is 2. The topological polar surface area (TPSA) is 88.5 Å². The van der Waals surface area contributed by atoms with Crippen molar-refractivity contribution >= 4 is 79.7 Å². The van der Waals surface area contributed by atoms with Crippen molar-refractivity contribution < 1.29 is 14.4 Å². The van der Waals surface area contributed by atoms with Crippen LogP contribution < -0.4 is 15.1 Å². The lowest BCUT2D eigenvalue weighted by molar-refractivity contribution is -0.122. The van der Waals surface area contributed by atoms with Crippen molar-refractivity contribution in [1.82, 2.24) is 4.57 Å². The molecule has 1 saturated heterocycles. The number of carbonyl (C=O) groups excluding carboxylic acids is 3. The van der Waals surface area contributed by atoms with Gasteiger partial charge in [-0.2, -0.15) is 0 Å². The second kappa shape index (κ2) is 10.4. The van der Waals surface area contributed by atoms with Gasteiger partial charge in [0.25, 0.3) is 0 Å². The minimum Gasteiger partial charge on any atom is -0.325 e. The minimum atomic E-state index is -0.738. The van der Waals surface area contributed by atoms with Crippen molar-refractivity contribution in [2.45, 2.75) is 22.7 Å². The Morgan fingerprint density at radius 3 is 2.31 bits per heavy atom. The van der Waals surface area contributed by atoms with Gasteiger partial charge in [0.1, 0.15) is 11.8 Å². The van der Waals surface area contributed by atoms with Gasteiger partial charge in [-0.1, -0.05) is 81.0 Å². The Balaban J connectivity index is 1.40. The first-order valence-electron chi connectivity index (χ1n) is 12.0. The van der Waals surface area contributed by atoms with E-state index in [1.165, 1.54) is 21.2 Å². The molecule has 2 unspecified atom stereocenters. The van der Waals surface area contributed by atoms with Gasteiger partial charge in [0.15, 0.2) is 0 Å². The van der Waals surface area contributed by atoms with Gasteiger partial charge in [-0.15, -0.1) is 0 Å². The van der Waals surface area contributed by atoms with E-state index in [-0.39, 0.29) is 29.1 Å². The molecular formula is C28H19BrClN3O4S2. The minimum absolute atomic E-state index is 0.227. The average molecular weight is 641 g/mol. The number of hydrogen-bond donors (Lipinski definition) is 1. The lowest BCUT2D eigenvalue weighted by Crippen LogP contribution is -2.33. The first kappa shape index (κ1) is 26.1. The van der Waals surface area contributed by atoms with Crippen molar-refractivity contribution in [2.24, 2.45) is 5.92 Å². The molecule has 0 spiro atoms. The summed E-state index contributed by atoms with van der Waals surface area (Å²) in [6, 6.07) is 23.1. The third-order valence-electron chi connectivity index (χ3n) is 6.72. The summed E-state index contributed by atoms with van der Waals surface area (Å²) < 4.78 is 2.28. The number of rotatable bonds is 5. The summed E-state index contributed by atoms with van der Waals surface area (Å²) in [6.45, 7) is -0.227. The van der Waals surface area contributed by atoms with Crippen LogP contribution in [-0.2, 0) is 20.9 Å². The number of benzene rings is 3. The van der Waals surface area contributed by atoms with Crippen molar-refractivity contribution in [3.63, 3.8) is 0 Å². The molecule has 3 amide bonds. The maximum atomic E-state index is 13.8. The SMILES string of the molecule is O=C(Cn1c2c(sc1=O)[C@H](c1ccc(Br)cc1)C1C(=O)N(c3ccccc3)C(=O)C1S2)Nc1ccc(Cl)cc1. The molecule has 2 aliphatic heterocycles. The van der Waals surface area contributed by atoms with Gasteiger partial charge in [-0.05, 0) is 54.1 Å². The van der Waals surface area contributed by atoms with E-state index in [9.17, 15) is 19.2 Å². The van der Waals surface area contributed by atoms with Gasteiger partial charge in [-0.3, -0.25) is 23.7 Å². The smallest absolute Gasteiger partial charge is 0.308 e. The molecule has 3 heterocycles. The fourth-order valence-electron chi connectivity index (χ4n) is 4.99. The molecule has 1 N–H and O–H groups in total. The van der Waals surface area contributed by atoms with Crippen LogP contribution in [0, 0.1) is 5.92 Å². The molecule has 0 aliphatic carbocycles. The highest BCUT2D eigenvalue weighted by molar-refractivity contribution is 9.10. The van der Waals surface area contributed by atoms with Crippen molar-refractivity contribution in [3.8, 4) is 0 Å². The normalized spacial score (nSPS) is 20.1. The molecule has 4 aromatic rings. The summed E-state index contributed by atoms with van der Waals surface area (Å²) in [5.41, 5.74) is 1.89.